The van der Waals surface area contributed by atoms with E-state index in [-0.39, 0.29) is 12.2 Å². The highest BCUT2D eigenvalue weighted by atomic mass is 16.6. The van der Waals surface area contributed by atoms with Gasteiger partial charge in [-0.2, -0.15) is 0 Å². The second kappa shape index (κ2) is 6.45. The minimum Gasteiger partial charge on any atom is -0.444 e. The first-order chi connectivity index (χ1) is 9.89. The average molecular weight is 292 g/mol. The molecule has 21 heavy (non-hydrogen) atoms. The summed E-state index contributed by atoms with van der Waals surface area (Å²) < 4.78 is 11.2. The lowest BCUT2D eigenvalue weighted by molar-refractivity contribution is -0.0432. The second-order valence-electron chi connectivity index (χ2n) is 6.23. The number of rotatable bonds is 2. The number of hydrogen-bond acceptors (Lipinski definition) is 4. The Labute approximate surface area is 126 Å². The van der Waals surface area contributed by atoms with Crippen LogP contribution in [-0.4, -0.2) is 36.3 Å². The van der Waals surface area contributed by atoms with E-state index in [9.17, 15) is 4.79 Å². The number of nitrogens with zero attached hydrogens (tertiary/aromatic N) is 1. The number of nitrogens with two attached hydrogens (primary N) is 1. The molecule has 0 aromatic heterocycles. The van der Waals surface area contributed by atoms with Crippen LogP contribution in [0.25, 0.3) is 0 Å². The Morgan fingerprint density at radius 1 is 1.38 bits per heavy atom. The molecule has 0 saturated carbocycles. The van der Waals surface area contributed by atoms with Crippen molar-refractivity contribution < 1.29 is 14.3 Å². The monoisotopic (exact) mass is 292 g/mol. The number of ether oxygens (including phenoxy) is 2. The highest BCUT2D eigenvalue weighted by molar-refractivity contribution is 5.68. The van der Waals surface area contributed by atoms with Gasteiger partial charge in [-0.1, -0.05) is 24.3 Å². The Balaban J connectivity index is 2.01. The zero-order valence-corrected chi connectivity index (χ0v) is 13.0. The van der Waals surface area contributed by atoms with Gasteiger partial charge in [0.15, 0.2) is 0 Å². The molecule has 1 atom stereocenters. The van der Waals surface area contributed by atoms with Crippen LogP contribution in [0.2, 0.25) is 0 Å². The molecule has 1 aliphatic rings. The van der Waals surface area contributed by atoms with Crippen molar-refractivity contribution in [3.8, 4) is 0 Å². The molecular weight excluding hydrogens is 268 g/mol. The van der Waals surface area contributed by atoms with Crippen LogP contribution in [0.5, 0.6) is 0 Å². The van der Waals surface area contributed by atoms with Gasteiger partial charge in [-0.15, -0.1) is 0 Å². The molecule has 1 aromatic rings. The fraction of sp³-hybridized carbons (Fsp3) is 0.562. The molecule has 2 N–H and O–H groups in total. The van der Waals surface area contributed by atoms with E-state index in [4.69, 9.17) is 15.2 Å². The molecule has 1 unspecified atom stereocenters. The number of morpholine rings is 1. The molecule has 1 amide bonds. The van der Waals surface area contributed by atoms with Crippen molar-refractivity contribution in [2.24, 2.45) is 5.73 Å². The van der Waals surface area contributed by atoms with Crippen LogP contribution in [0.4, 0.5) is 4.79 Å². The smallest absolute Gasteiger partial charge is 0.410 e. The van der Waals surface area contributed by atoms with Crippen molar-refractivity contribution in [3.05, 3.63) is 35.4 Å². The van der Waals surface area contributed by atoms with Crippen molar-refractivity contribution in [2.45, 2.75) is 39.0 Å². The van der Waals surface area contributed by atoms with Crippen LogP contribution in [0.15, 0.2) is 24.3 Å². The second-order valence-corrected chi connectivity index (χ2v) is 6.23. The molecule has 1 aliphatic heterocycles. The molecule has 1 fully saturated rings. The van der Waals surface area contributed by atoms with Gasteiger partial charge < -0.3 is 20.1 Å². The molecule has 5 nitrogen and oxygen atoms in total. The minimum absolute atomic E-state index is 0.113. The quantitative estimate of drug-likeness (QED) is 0.909. The van der Waals surface area contributed by atoms with E-state index in [1.165, 1.54) is 0 Å². The SMILES string of the molecule is CC(C)(C)OC(=O)N1CCOC(c2ccc(CN)cc2)C1. The predicted molar refractivity (Wildman–Crippen MR) is 80.8 cm³/mol. The van der Waals surface area contributed by atoms with Gasteiger partial charge in [-0.05, 0) is 31.9 Å². The first-order valence-electron chi connectivity index (χ1n) is 7.27. The van der Waals surface area contributed by atoms with Crippen LogP contribution >= 0.6 is 0 Å². The van der Waals surface area contributed by atoms with Crippen molar-refractivity contribution >= 4 is 6.09 Å². The molecule has 1 heterocycles. The van der Waals surface area contributed by atoms with E-state index in [0.717, 1.165) is 11.1 Å². The maximum Gasteiger partial charge on any atom is 0.410 e. The Morgan fingerprint density at radius 2 is 2.05 bits per heavy atom. The summed E-state index contributed by atoms with van der Waals surface area (Å²) in [4.78, 5) is 13.8. The van der Waals surface area contributed by atoms with Crippen LogP contribution in [0.3, 0.4) is 0 Å². The summed E-state index contributed by atoms with van der Waals surface area (Å²) in [6.07, 6.45) is -0.396. The summed E-state index contributed by atoms with van der Waals surface area (Å²) in [6.45, 7) is 7.72. The number of hydrogen-bond donors (Lipinski definition) is 1. The van der Waals surface area contributed by atoms with Crippen LogP contribution in [0, 0.1) is 0 Å². The fourth-order valence-electron chi connectivity index (χ4n) is 2.21. The maximum absolute atomic E-state index is 12.1. The number of benzene rings is 1. The van der Waals surface area contributed by atoms with Gasteiger partial charge in [0, 0.05) is 13.1 Å². The molecule has 0 aliphatic carbocycles. The summed E-state index contributed by atoms with van der Waals surface area (Å²) in [5.41, 5.74) is 7.26. The molecule has 0 bridgehead atoms. The van der Waals surface area contributed by atoms with E-state index >= 15 is 0 Å². The van der Waals surface area contributed by atoms with Crippen LogP contribution in [0.1, 0.15) is 38.0 Å². The number of carbonyl (C=O) groups excluding carboxylic acids is 1. The summed E-state index contributed by atoms with van der Waals surface area (Å²) in [5, 5.41) is 0. The van der Waals surface area contributed by atoms with Crippen molar-refractivity contribution in [1.82, 2.24) is 4.90 Å². The molecule has 1 aromatic carbocycles. The van der Waals surface area contributed by atoms with E-state index < -0.39 is 5.60 Å². The first-order valence-corrected chi connectivity index (χ1v) is 7.27. The van der Waals surface area contributed by atoms with Gasteiger partial charge in [0.1, 0.15) is 11.7 Å². The van der Waals surface area contributed by atoms with Gasteiger partial charge in [-0.25, -0.2) is 4.79 Å². The lowest BCUT2D eigenvalue weighted by Gasteiger charge is -2.34. The predicted octanol–water partition coefficient (Wildman–Crippen LogP) is 2.45. The highest BCUT2D eigenvalue weighted by Gasteiger charge is 2.28. The molecule has 2 rings (SSSR count). The number of carbonyl (C=O) groups is 1. The Hall–Kier alpha value is -1.59. The first kappa shape index (κ1) is 15.8. The highest BCUT2D eigenvalue weighted by Crippen LogP contribution is 2.23. The normalized spacial score (nSPS) is 19.4. The standard InChI is InChI=1S/C16H24N2O3/c1-16(2,3)21-15(19)18-8-9-20-14(11-18)13-6-4-12(10-17)5-7-13/h4-7,14H,8-11,17H2,1-3H3. The van der Waals surface area contributed by atoms with E-state index in [1.54, 1.807) is 4.90 Å². The average Bonchev–Trinajstić information content (AvgIpc) is 2.46. The summed E-state index contributed by atoms with van der Waals surface area (Å²) >= 11 is 0. The molecule has 5 heteroatoms. The van der Waals surface area contributed by atoms with Crippen LogP contribution < -0.4 is 5.73 Å². The molecule has 116 valence electrons. The Morgan fingerprint density at radius 3 is 2.62 bits per heavy atom. The van der Waals surface area contributed by atoms with E-state index in [1.807, 2.05) is 45.0 Å². The fourth-order valence-corrected chi connectivity index (χ4v) is 2.21. The Bertz CT molecular complexity index is 479. The Kier molecular flexibility index (Phi) is 4.85. The molecular formula is C16H24N2O3. The van der Waals surface area contributed by atoms with Gasteiger partial charge in [-0.3, -0.25) is 0 Å². The summed E-state index contributed by atoms with van der Waals surface area (Å²) in [6, 6.07) is 7.99. The third-order valence-corrected chi connectivity index (χ3v) is 3.31. The van der Waals surface area contributed by atoms with E-state index in [0.29, 0.717) is 26.2 Å². The lowest BCUT2D eigenvalue weighted by Crippen LogP contribution is -2.44. The molecule has 0 spiro atoms. The topological polar surface area (TPSA) is 64.8 Å². The minimum atomic E-state index is -0.479. The zero-order valence-electron chi connectivity index (χ0n) is 13.0. The largest absolute Gasteiger partial charge is 0.444 e. The summed E-state index contributed by atoms with van der Waals surface area (Å²) in [5.74, 6) is 0. The lowest BCUT2D eigenvalue weighted by atomic mass is 10.1. The third-order valence-electron chi connectivity index (χ3n) is 3.31. The van der Waals surface area contributed by atoms with Crippen molar-refractivity contribution in [3.63, 3.8) is 0 Å². The third kappa shape index (κ3) is 4.44. The zero-order chi connectivity index (χ0) is 15.5. The van der Waals surface area contributed by atoms with Crippen molar-refractivity contribution in [2.75, 3.05) is 19.7 Å². The van der Waals surface area contributed by atoms with Crippen molar-refractivity contribution in [1.29, 1.82) is 0 Å². The van der Waals surface area contributed by atoms with Crippen LogP contribution in [-0.2, 0) is 16.0 Å². The van der Waals surface area contributed by atoms with Gasteiger partial charge in [0.05, 0.1) is 13.2 Å². The molecule has 0 radical (unpaired) electrons. The van der Waals surface area contributed by atoms with Gasteiger partial charge in [0.25, 0.3) is 0 Å². The summed E-state index contributed by atoms with van der Waals surface area (Å²) in [7, 11) is 0. The van der Waals surface area contributed by atoms with E-state index in [2.05, 4.69) is 0 Å². The molecule has 1 saturated heterocycles. The van der Waals surface area contributed by atoms with Gasteiger partial charge >= 0.3 is 6.09 Å². The maximum atomic E-state index is 12.1. The number of amides is 1. The van der Waals surface area contributed by atoms with Gasteiger partial charge in [0.2, 0.25) is 0 Å².